The number of carbonyl (C=O) groups is 1. The third-order valence-electron chi connectivity index (χ3n) is 5.47. The molecule has 1 saturated heterocycles. The number of nitro groups is 1. The molecule has 0 aliphatic carbocycles. The summed E-state index contributed by atoms with van der Waals surface area (Å²) in [4.78, 5) is 25.1. The van der Waals surface area contributed by atoms with E-state index in [1.54, 1.807) is 36.4 Å². The maximum atomic E-state index is 12.6. The second-order valence-electron chi connectivity index (χ2n) is 7.73. The van der Waals surface area contributed by atoms with Crippen LogP contribution in [0.2, 0.25) is 0 Å². The Morgan fingerprint density at radius 1 is 0.875 bits per heavy atom. The summed E-state index contributed by atoms with van der Waals surface area (Å²) < 4.78 is 0. The highest BCUT2D eigenvalue weighted by atomic mass is 16.6. The number of rotatable bonds is 6. The van der Waals surface area contributed by atoms with Crippen LogP contribution in [0.4, 0.5) is 28.4 Å². The number of carbonyl (C=O) groups excluding carboxylic acids is 1. The van der Waals surface area contributed by atoms with Crippen molar-refractivity contribution in [2.75, 3.05) is 28.6 Å². The number of nitrogens with one attached hydrogen (secondary N) is 2. The lowest BCUT2D eigenvalue weighted by atomic mass is 10.1. The van der Waals surface area contributed by atoms with Gasteiger partial charge in [-0.3, -0.25) is 14.9 Å². The molecule has 164 valence electrons. The molecule has 3 aromatic carbocycles. The number of aliphatic hydroxyl groups is 1. The minimum atomic E-state index is -0.437. The van der Waals surface area contributed by atoms with Gasteiger partial charge in [0.1, 0.15) is 0 Å². The van der Waals surface area contributed by atoms with Crippen LogP contribution in [0.1, 0.15) is 23.2 Å². The summed E-state index contributed by atoms with van der Waals surface area (Å²) in [5.41, 5.74) is 3.85. The van der Waals surface area contributed by atoms with Gasteiger partial charge in [0.2, 0.25) is 0 Å². The van der Waals surface area contributed by atoms with Crippen molar-refractivity contribution in [2.45, 2.75) is 18.9 Å². The maximum absolute atomic E-state index is 12.6. The number of hydrogen-bond donors (Lipinski definition) is 3. The number of amides is 1. The van der Waals surface area contributed by atoms with Crippen molar-refractivity contribution in [1.82, 2.24) is 0 Å². The zero-order chi connectivity index (χ0) is 22.5. The summed E-state index contributed by atoms with van der Waals surface area (Å²) in [7, 11) is 0. The highest BCUT2D eigenvalue weighted by molar-refractivity contribution is 6.04. The van der Waals surface area contributed by atoms with Gasteiger partial charge in [-0.2, -0.15) is 0 Å². The summed E-state index contributed by atoms with van der Waals surface area (Å²) in [5, 5.41) is 26.4. The van der Waals surface area contributed by atoms with Gasteiger partial charge in [0.15, 0.2) is 0 Å². The zero-order valence-electron chi connectivity index (χ0n) is 17.4. The molecule has 4 rings (SSSR count). The third-order valence-corrected chi connectivity index (χ3v) is 5.47. The Labute approximate surface area is 185 Å². The molecule has 1 aliphatic heterocycles. The number of aliphatic hydroxyl groups excluding tert-OH is 1. The second-order valence-corrected chi connectivity index (χ2v) is 7.73. The molecule has 8 heteroatoms. The Morgan fingerprint density at radius 3 is 1.97 bits per heavy atom. The van der Waals surface area contributed by atoms with Crippen LogP contribution in [0, 0.1) is 10.1 Å². The van der Waals surface area contributed by atoms with Gasteiger partial charge in [0, 0.05) is 53.5 Å². The van der Waals surface area contributed by atoms with Crippen molar-refractivity contribution in [3.8, 4) is 0 Å². The predicted octanol–water partition coefficient (Wildman–Crippen LogP) is 4.55. The minimum absolute atomic E-state index is 0.0383. The zero-order valence-corrected chi connectivity index (χ0v) is 17.4. The van der Waals surface area contributed by atoms with E-state index in [1.165, 1.54) is 12.1 Å². The van der Waals surface area contributed by atoms with Crippen LogP contribution in [0.3, 0.4) is 0 Å². The van der Waals surface area contributed by atoms with E-state index < -0.39 is 4.92 Å². The summed E-state index contributed by atoms with van der Waals surface area (Å²) >= 11 is 0. The van der Waals surface area contributed by atoms with E-state index in [0.29, 0.717) is 11.3 Å². The van der Waals surface area contributed by atoms with Crippen molar-refractivity contribution >= 4 is 34.3 Å². The van der Waals surface area contributed by atoms with Crippen LogP contribution < -0.4 is 15.5 Å². The van der Waals surface area contributed by atoms with Crippen molar-refractivity contribution in [1.29, 1.82) is 0 Å². The van der Waals surface area contributed by atoms with Crippen LogP contribution in [0.5, 0.6) is 0 Å². The van der Waals surface area contributed by atoms with Gasteiger partial charge in [-0.05, 0) is 73.5 Å². The second kappa shape index (κ2) is 9.49. The van der Waals surface area contributed by atoms with Crippen molar-refractivity contribution in [3.63, 3.8) is 0 Å². The van der Waals surface area contributed by atoms with E-state index in [9.17, 15) is 20.0 Å². The van der Waals surface area contributed by atoms with Gasteiger partial charge in [-0.1, -0.05) is 0 Å². The number of non-ortho nitro benzene ring substituents is 1. The summed E-state index contributed by atoms with van der Waals surface area (Å²) in [6.45, 7) is 1.62. The molecule has 0 radical (unpaired) electrons. The van der Waals surface area contributed by atoms with Gasteiger partial charge >= 0.3 is 0 Å². The van der Waals surface area contributed by atoms with Crippen molar-refractivity contribution < 1.29 is 14.8 Å². The molecule has 1 heterocycles. The summed E-state index contributed by atoms with van der Waals surface area (Å²) in [6, 6.07) is 20.9. The molecule has 0 saturated carbocycles. The van der Waals surface area contributed by atoms with E-state index in [0.717, 1.165) is 43.0 Å². The molecule has 0 atom stereocenters. The van der Waals surface area contributed by atoms with Crippen LogP contribution in [-0.2, 0) is 0 Å². The lowest BCUT2D eigenvalue weighted by Gasteiger charge is -2.31. The molecule has 8 nitrogen and oxygen atoms in total. The van der Waals surface area contributed by atoms with E-state index in [-0.39, 0.29) is 17.7 Å². The molecule has 1 fully saturated rings. The highest BCUT2D eigenvalue weighted by Gasteiger charge is 2.17. The fourth-order valence-electron chi connectivity index (χ4n) is 3.62. The number of piperidine rings is 1. The average molecular weight is 432 g/mol. The Bertz CT molecular complexity index is 1070. The monoisotopic (exact) mass is 432 g/mol. The molecule has 3 N–H and O–H groups in total. The van der Waals surface area contributed by atoms with Gasteiger partial charge in [-0.15, -0.1) is 0 Å². The summed E-state index contributed by atoms with van der Waals surface area (Å²) in [5.74, 6) is -0.193. The Hall–Kier alpha value is -3.91. The molecular formula is C24H24N4O4. The van der Waals surface area contributed by atoms with Gasteiger partial charge in [0.25, 0.3) is 11.6 Å². The number of benzene rings is 3. The van der Waals surface area contributed by atoms with Gasteiger partial charge in [-0.25, -0.2) is 0 Å². The molecular weight excluding hydrogens is 408 g/mol. The Balaban J connectivity index is 1.33. The lowest BCUT2D eigenvalue weighted by molar-refractivity contribution is -0.384. The molecule has 0 aromatic heterocycles. The number of anilines is 4. The van der Waals surface area contributed by atoms with Crippen molar-refractivity contribution in [2.24, 2.45) is 0 Å². The van der Waals surface area contributed by atoms with Gasteiger partial charge in [0.05, 0.1) is 11.0 Å². The van der Waals surface area contributed by atoms with Gasteiger partial charge < -0.3 is 20.6 Å². The normalized spacial score (nSPS) is 14.1. The number of nitro benzene ring substituents is 1. The molecule has 0 spiro atoms. The molecule has 0 bridgehead atoms. The summed E-state index contributed by atoms with van der Waals surface area (Å²) in [6.07, 6.45) is 1.31. The first kappa shape index (κ1) is 21.3. The van der Waals surface area contributed by atoms with E-state index in [2.05, 4.69) is 15.5 Å². The van der Waals surface area contributed by atoms with E-state index in [1.807, 2.05) is 24.3 Å². The first-order chi connectivity index (χ1) is 15.5. The topological polar surface area (TPSA) is 108 Å². The third kappa shape index (κ3) is 5.22. The van der Waals surface area contributed by atoms with Crippen LogP contribution in [0.15, 0.2) is 72.8 Å². The van der Waals surface area contributed by atoms with Crippen LogP contribution in [0.25, 0.3) is 0 Å². The van der Waals surface area contributed by atoms with Crippen LogP contribution in [-0.4, -0.2) is 35.1 Å². The number of nitrogens with zero attached hydrogens (tertiary/aromatic N) is 2. The lowest BCUT2D eigenvalue weighted by Crippen LogP contribution is -2.35. The highest BCUT2D eigenvalue weighted by Crippen LogP contribution is 2.23. The maximum Gasteiger partial charge on any atom is 0.269 e. The average Bonchev–Trinajstić information content (AvgIpc) is 2.81. The molecule has 1 amide bonds. The number of hydrogen-bond acceptors (Lipinski definition) is 6. The fourth-order valence-corrected chi connectivity index (χ4v) is 3.62. The Morgan fingerprint density at radius 2 is 1.41 bits per heavy atom. The van der Waals surface area contributed by atoms with Crippen molar-refractivity contribution in [3.05, 3.63) is 88.5 Å². The molecule has 0 unspecified atom stereocenters. The predicted molar refractivity (Wildman–Crippen MR) is 125 cm³/mol. The SMILES string of the molecule is O=C(Nc1ccc(Nc2ccc([N+](=O)[O-])cc2)cc1)c1ccc(N2CCC(O)CC2)cc1. The van der Waals surface area contributed by atoms with E-state index >= 15 is 0 Å². The Kier molecular flexibility index (Phi) is 6.32. The first-order valence-corrected chi connectivity index (χ1v) is 10.4. The standard InChI is InChI=1S/C24H24N4O4/c29-23-13-15-27(16-14-23)21-9-1-17(2-10-21)24(30)26-20-5-3-18(4-6-20)25-19-7-11-22(12-8-19)28(31)32/h1-12,23,25,29H,13-16H2,(H,26,30). The molecule has 32 heavy (non-hydrogen) atoms. The minimum Gasteiger partial charge on any atom is -0.393 e. The largest absolute Gasteiger partial charge is 0.393 e. The smallest absolute Gasteiger partial charge is 0.269 e. The fraction of sp³-hybridized carbons (Fsp3) is 0.208. The van der Waals surface area contributed by atoms with E-state index in [4.69, 9.17) is 0 Å². The first-order valence-electron chi connectivity index (χ1n) is 10.4. The molecule has 1 aliphatic rings. The quantitative estimate of drug-likeness (QED) is 0.390. The van der Waals surface area contributed by atoms with Crippen LogP contribution >= 0.6 is 0 Å². The molecule has 3 aromatic rings.